The van der Waals surface area contributed by atoms with E-state index in [1.165, 1.54) is 0 Å². The van der Waals surface area contributed by atoms with Gasteiger partial charge >= 0.3 is 118 Å². The molecule has 0 radical (unpaired) electrons. The first kappa shape index (κ1) is 27.4. The molecule has 0 saturated carbocycles. The molecule has 0 spiro atoms. The fraction of sp³-hybridized carbons (Fsp3) is 1.00. The van der Waals surface area contributed by atoms with Crippen molar-refractivity contribution in [3.05, 3.63) is 0 Å². The molecule has 19 heavy (non-hydrogen) atoms. The van der Waals surface area contributed by atoms with Crippen LogP contribution in [0, 0.1) is 0 Å². The maximum absolute atomic E-state index is 11.0. The van der Waals surface area contributed by atoms with Gasteiger partial charge < -0.3 is 14.7 Å². The minimum atomic E-state index is -5.00. The molecule has 0 heterocycles. The Hall–Kier alpha value is 3.53. The Labute approximate surface area is 199 Å². The van der Waals surface area contributed by atoms with Crippen LogP contribution in [0.3, 0.4) is 0 Å². The summed E-state index contributed by atoms with van der Waals surface area (Å²) >= 11 is 0. The van der Waals surface area contributed by atoms with Crippen molar-refractivity contribution in [2.75, 3.05) is 6.61 Å². The minimum absolute atomic E-state index is 0. The molecule has 0 aromatic rings. The van der Waals surface area contributed by atoms with E-state index in [4.69, 9.17) is 14.7 Å². The Bertz CT molecular complexity index is 297. The summed E-state index contributed by atoms with van der Waals surface area (Å²) in [6.45, 7) is 2.05. The third-order valence-electron chi connectivity index (χ3n) is 1.96. The molecule has 0 rings (SSSR count). The van der Waals surface area contributed by atoms with Gasteiger partial charge in [-0.1, -0.05) is 39.0 Å². The summed E-state index contributed by atoms with van der Waals surface area (Å²) in [6.07, 6.45) is 5.80. The Balaban J connectivity index is -0.00000128. The van der Waals surface area contributed by atoms with Gasteiger partial charge in [-0.05, 0) is 6.42 Å². The second-order valence-corrected chi connectivity index (χ2v) is 6.47. The summed E-state index contributed by atoms with van der Waals surface area (Å²) in [7, 11) is -9.63. The summed E-state index contributed by atoms with van der Waals surface area (Å²) in [5.74, 6) is 0. The van der Waals surface area contributed by atoms with Crippen LogP contribution in [0.2, 0.25) is 0 Å². The zero-order valence-electron chi connectivity index (χ0n) is 9.82. The van der Waals surface area contributed by atoms with E-state index in [-0.39, 0.29) is 109 Å². The van der Waals surface area contributed by atoms with Crippen LogP contribution in [0.15, 0.2) is 0 Å². The van der Waals surface area contributed by atoms with E-state index in [2.05, 4.69) is 15.8 Å². The first-order valence-corrected chi connectivity index (χ1v) is 8.53. The van der Waals surface area contributed by atoms with E-state index in [9.17, 15) is 9.13 Å². The summed E-state index contributed by atoms with van der Waals surface area (Å²) in [5.41, 5.74) is 0. The first-order valence-electron chi connectivity index (χ1n) is 5.51. The Morgan fingerprint density at radius 1 is 0.895 bits per heavy atom. The van der Waals surface area contributed by atoms with Crippen LogP contribution in [-0.4, -0.2) is 124 Å². The van der Waals surface area contributed by atoms with Crippen molar-refractivity contribution in [2.45, 2.75) is 45.4 Å². The van der Waals surface area contributed by atoms with E-state index in [1.54, 1.807) is 0 Å². The molecule has 1 unspecified atom stereocenters. The molecule has 0 aliphatic carbocycles. The van der Waals surface area contributed by atoms with E-state index in [0.29, 0.717) is 6.42 Å². The number of rotatable bonds is 10. The standard InChI is InChI=1S/C8H20O7P2.2K.2H/c1-2-3-4-5-6-7-8-14-17(12,13)15-16(9,10)11;;;;/h2-8H2,1H3,(H,12,13)(H2,9,10,11);;;;. The third-order valence-corrected chi connectivity index (χ3v) is 4.15. The van der Waals surface area contributed by atoms with Crippen LogP contribution in [0.25, 0.3) is 0 Å². The molecule has 0 saturated heterocycles. The van der Waals surface area contributed by atoms with Gasteiger partial charge in [-0.2, -0.15) is 4.31 Å². The van der Waals surface area contributed by atoms with Crippen molar-refractivity contribution in [1.82, 2.24) is 0 Å². The van der Waals surface area contributed by atoms with Crippen molar-refractivity contribution in [2.24, 2.45) is 0 Å². The molecule has 1 atom stereocenters. The first-order chi connectivity index (χ1) is 7.77. The quantitative estimate of drug-likeness (QED) is 0.301. The van der Waals surface area contributed by atoms with Crippen LogP contribution in [0.5, 0.6) is 0 Å². The van der Waals surface area contributed by atoms with Gasteiger partial charge in [-0.3, -0.25) is 4.52 Å². The van der Waals surface area contributed by atoms with Crippen molar-refractivity contribution in [3.8, 4) is 0 Å². The van der Waals surface area contributed by atoms with Gasteiger partial charge in [0.25, 0.3) is 0 Å². The van der Waals surface area contributed by atoms with E-state index < -0.39 is 15.6 Å². The molecular formula is C8H22K2O7P2. The Kier molecular flexibility index (Phi) is 21.7. The second kappa shape index (κ2) is 15.1. The SMILES string of the molecule is CCCCCCCCOP(=O)(O)OP(=O)(O)O.[KH].[KH]. The van der Waals surface area contributed by atoms with Gasteiger partial charge in [-0.15, -0.1) is 0 Å². The molecular weight excluding hydrogens is 348 g/mol. The average molecular weight is 370 g/mol. The molecule has 0 fully saturated rings. The summed E-state index contributed by atoms with van der Waals surface area (Å²) in [4.78, 5) is 25.6. The van der Waals surface area contributed by atoms with Crippen molar-refractivity contribution < 1.29 is 32.6 Å². The normalized spacial score (nSPS) is 14.1. The molecule has 7 nitrogen and oxygen atoms in total. The molecule has 0 aromatic heterocycles. The van der Waals surface area contributed by atoms with E-state index in [0.717, 1.165) is 32.1 Å². The molecule has 11 heteroatoms. The molecule has 0 aliphatic heterocycles. The third kappa shape index (κ3) is 21.5. The zero-order chi connectivity index (χ0) is 13.4. The van der Waals surface area contributed by atoms with Gasteiger partial charge in [0.1, 0.15) is 0 Å². The molecule has 0 bridgehead atoms. The molecule has 0 amide bonds. The zero-order valence-corrected chi connectivity index (χ0v) is 11.6. The molecule has 0 aromatic carbocycles. The van der Waals surface area contributed by atoms with Crippen molar-refractivity contribution >= 4 is 118 Å². The fourth-order valence-electron chi connectivity index (χ4n) is 1.22. The number of hydrogen-bond acceptors (Lipinski definition) is 4. The Morgan fingerprint density at radius 3 is 1.84 bits per heavy atom. The van der Waals surface area contributed by atoms with Crippen molar-refractivity contribution in [1.29, 1.82) is 0 Å². The van der Waals surface area contributed by atoms with Gasteiger partial charge in [0, 0.05) is 0 Å². The molecule has 0 aliphatic rings. The van der Waals surface area contributed by atoms with Crippen LogP contribution in [-0.2, 0) is 18.0 Å². The summed E-state index contributed by atoms with van der Waals surface area (Å²) in [6, 6.07) is 0. The predicted octanol–water partition coefficient (Wildman–Crippen LogP) is 1.28. The van der Waals surface area contributed by atoms with Gasteiger partial charge in [0.05, 0.1) is 6.61 Å². The topological polar surface area (TPSA) is 113 Å². The average Bonchev–Trinajstić information content (AvgIpc) is 2.12. The van der Waals surface area contributed by atoms with Gasteiger partial charge in [0.2, 0.25) is 0 Å². The van der Waals surface area contributed by atoms with Crippen LogP contribution in [0.4, 0.5) is 0 Å². The van der Waals surface area contributed by atoms with Crippen LogP contribution in [0.1, 0.15) is 45.4 Å². The van der Waals surface area contributed by atoms with Crippen LogP contribution < -0.4 is 0 Å². The summed E-state index contributed by atoms with van der Waals surface area (Å²) < 4.78 is 29.3. The number of phosphoric acid groups is 2. The number of unbranched alkanes of at least 4 members (excludes halogenated alkanes) is 5. The molecule has 108 valence electrons. The van der Waals surface area contributed by atoms with Crippen LogP contribution >= 0.6 is 15.6 Å². The van der Waals surface area contributed by atoms with Gasteiger partial charge in [0.15, 0.2) is 0 Å². The van der Waals surface area contributed by atoms with Crippen molar-refractivity contribution in [3.63, 3.8) is 0 Å². The number of phosphoric ester groups is 1. The number of hydrogen-bond donors (Lipinski definition) is 3. The summed E-state index contributed by atoms with van der Waals surface area (Å²) in [5, 5.41) is 0. The monoisotopic (exact) mass is 370 g/mol. The Morgan fingerprint density at radius 2 is 1.37 bits per heavy atom. The molecule has 3 N–H and O–H groups in total. The predicted molar refractivity (Wildman–Crippen MR) is 76.6 cm³/mol. The maximum atomic E-state index is 11.0. The van der Waals surface area contributed by atoms with Gasteiger partial charge in [-0.25, -0.2) is 9.13 Å². The van der Waals surface area contributed by atoms with E-state index >= 15 is 0 Å². The second-order valence-electron chi connectivity index (χ2n) is 3.64. The fourth-order valence-corrected chi connectivity index (χ4v) is 2.84. The van der Waals surface area contributed by atoms with E-state index in [1.807, 2.05) is 0 Å².